The first-order valence-electron chi connectivity index (χ1n) is 4.25. The summed E-state index contributed by atoms with van der Waals surface area (Å²) in [4.78, 5) is -0.330. The van der Waals surface area contributed by atoms with Crippen molar-refractivity contribution in [3.8, 4) is 0 Å². The van der Waals surface area contributed by atoms with Gasteiger partial charge in [-0.25, -0.2) is 4.39 Å². The molecule has 0 spiro atoms. The maximum Gasteiger partial charge on any atom is 0.446 e. The Morgan fingerprint density at radius 3 is 2.53 bits per heavy atom. The molecule has 0 saturated heterocycles. The normalized spacial score (nSPS) is 11.8. The Kier molecular flexibility index (Phi) is 4.02. The molecule has 1 radical (unpaired) electrons. The maximum atomic E-state index is 13.2. The minimum absolute atomic E-state index is 0.330. The Balaban J connectivity index is 3.02. The lowest BCUT2D eigenvalue weighted by Gasteiger charge is -2.11. The summed E-state index contributed by atoms with van der Waals surface area (Å²) in [5.41, 5.74) is -4.09. The molecule has 0 aromatic heterocycles. The van der Waals surface area contributed by atoms with Gasteiger partial charge in [-0.1, -0.05) is 19.1 Å². The van der Waals surface area contributed by atoms with Crippen LogP contribution >= 0.6 is 11.8 Å². The van der Waals surface area contributed by atoms with Crippen molar-refractivity contribution >= 4 is 11.8 Å². The van der Waals surface area contributed by atoms with Crippen molar-refractivity contribution in [1.29, 1.82) is 0 Å². The second kappa shape index (κ2) is 4.88. The van der Waals surface area contributed by atoms with Gasteiger partial charge < -0.3 is 0 Å². The fraction of sp³-hybridized carbons (Fsp3) is 0.300. The van der Waals surface area contributed by atoms with Crippen LogP contribution in [0.5, 0.6) is 0 Å². The van der Waals surface area contributed by atoms with Gasteiger partial charge in [0.1, 0.15) is 5.82 Å². The SMILES string of the molecule is C[CH]Cc1cccc(F)c1SC(F)(F)F. The van der Waals surface area contributed by atoms with Gasteiger partial charge in [-0.2, -0.15) is 13.2 Å². The molecule has 0 N–H and O–H groups in total. The van der Waals surface area contributed by atoms with Crippen LogP contribution in [-0.4, -0.2) is 5.51 Å². The van der Waals surface area contributed by atoms with Crippen LogP contribution in [0.3, 0.4) is 0 Å². The zero-order valence-electron chi connectivity index (χ0n) is 7.94. The highest BCUT2D eigenvalue weighted by Gasteiger charge is 2.31. The summed E-state index contributed by atoms with van der Waals surface area (Å²) < 4.78 is 49.6. The first-order valence-corrected chi connectivity index (χ1v) is 5.06. The van der Waals surface area contributed by atoms with E-state index in [4.69, 9.17) is 0 Å². The largest absolute Gasteiger partial charge is 0.446 e. The lowest BCUT2D eigenvalue weighted by molar-refractivity contribution is -0.0329. The van der Waals surface area contributed by atoms with E-state index in [-0.39, 0.29) is 4.90 Å². The number of hydrogen-bond donors (Lipinski definition) is 0. The zero-order chi connectivity index (χ0) is 11.5. The Morgan fingerprint density at radius 1 is 1.33 bits per heavy atom. The molecule has 1 aromatic rings. The van der Waals surface area contributed by atoms with E-state index in [1.165, 1.54) is 12.1 Å². The van der Waals surface area contributed by atoms with Crippen LogP contribution in [-0.2, 0) is 6.42 Å². The number of alkyl halides is 3. The number of hydrogen-bond acceptors (Lipinski definition) is 1. The fourth-order valence-corrected chi connectivity index (χ4v) is 1.84. The molecule has 0 aliphatic carbocycles. The molecular weight excluding hydrogens is 228 g/mol. The Labute approximate surface area is 89.7 Å². The lowest BCUT2D eigenvalue weighted by Crippen LogP contribution is -2.03. The number of benzene rings is 1. The molecule has 0 amide bonds. The zero-order valence-corrected chi connectivity index (χ0v) is 8.75. The third-order valence-electron chi connectivity index (χ3n) is 1.69. The van der Waals surface area contributed by atoms with E-state index in [0.29, 0.717) is 12.0 Å². The third-order valence-corrected chi connectivity index (χ3v) is 2.58. The monoisotopic (exact) mass is 237 g/mol. The van der Waals surface area contributed by atoms with Crippen LogP contribution in [0.2, 0.25) is 0 Å². The first kappa shape index (κ1) is 12.4. The van der Waals surface area contributed by atoms with E-state index in [9.17, 15) is 17.6 Å². The number of thioether (sulfide) groups is 1. The van der Waals surface area contributed by atoms with Crippen LogP contribution in [0.25, 0.3) is 0 Å². The molecule has 0 heterocycles. The summed E-state index contributed by atoms with van der Waals surface area (Å²) >= 11 is -0.401. The first-order chi connectivity index (χ1) is 6.94. The van der Waals surface area contributed by atoms with Crippen molar-refractivity contribution < 1.29 is 17.6 Å². The van der Waals surface area contributed by atoms with Gasteiger partial charge in [0.25, 0.3) is 0 Å². The average molecular weight is 237 g/mol. The van der Waals surface area contributed by atoms with Crippen molar-refractivity contribution in [1.82, 2.24) is 0 Å². The van der Waals surface area contributed by atoms with E-state index in [1.54, 1.807) is 13.3 Å². The molecule has 0 unspecified atom stereocenters. The van der Waals surface area contributed by atoms with E-state index in [1.807, 2.05) is 0 Å². The average Bonchev–Trinajstić information content (AvgIpc) is 2.10. The summed E-state index contributed by atoms with van der Waals surface area (Å²) in [6.45, 7) is 1.72. The number of halogens is 4. The predicted octanol–water partition coefficient (Wildman–Crippen LogP) is 4.20. The highest BCUT2D eigenvalue weighted by Crippen LogP contribution is 2.40. The fourth-order valence-electron chi connectivity index (χ4n) is 1.16. The van der Waals surface area contributed by atoms with Crippen LogP contribution in [0.4, 0.5) is 17.6 Å². The van der Waals surface area contributed by atoms with Gasteiger partial charge in [-0.05, 0) is 36.2 Å². The molecule has 5 heteroatoms. The summed E-state index contributed by atoms with van der Waals surface area (Å²) in [6.07, 6.45) is 2.02. The Morgan fingerprint density at radius 2 is 2.00 bits per heavy atom. The van der Waals surface area contributed by atoms with E-state index < -0.39 is 23.1 Å². The topological polar surface area (TPSA) is 0 Å². The summed E-state index contributed by atoms with van der Waals surface area (Å²) in [6, 6.07) is 3.94. The van der Waals surface area contributed by atoms with Gasteiger partial charge in [0.15, 0.2) is 0 Å². The molecule has 0 bridgehead atoms. The van der Waals surface area contributed by atoms with Gasteiger partial charge in [0.2, 0.25) is 0 Å². The molecule has 0 fully saturated rings. The number of rotatable bonds is 3. The molecule has 1 rings (SSSR count). The van der Waals surface area contributed by atoms with Gasteiger partial charge in [0.05, 0.1) is 4.90 Å². The van der Waals surface area contributed by atoms with Gasteiger partial charge >= 0.3 is 5.51 Å². The van der Waals surface area contributed by atoms with Crippen molar-refractivity contribution in [2.75, 3.05) is 0 Å². The predicted molar refractivity (Wildman–Crippen MR) is 52.0 cm³/mol. The van der Waals surface area contributed by atoms with Crippen molar-refractivity contribution in [2.24, 2.45) is 0 Å². The van der Waals surface area contributed by atoms with Gasteiger partial charge in [0, 0.05) is 0 Å². The molecule has 0 saturated carbocycles. The lowest BCUT2D eigenvalue weighted by atomic mass is 10.1. The third kappa shape index (κ3) is 3.74. The standard InChI is InChI=1S/C10H9F4S/c1-2-4-7-5-3-6-8(11)9(7)15-10(12,13)14/h2-3,5-6H,4H2,1H3. The van der Waals surface area contributed by atoms with Crippen LogP contribution in [0.15, 0.2) is 23.1 Å². The Bertz CT molecular complexity index is 333. The molecule has 0 nitrogen and oxygen atoms in total. The second-order valence-corrected chi connectivity index (χ2v) is 3.96. The maximum absolute atomic E-state index is 13.2. The summed E-state index contributed by atoms with van der Waals surface area (Å²) in [5.74, 6) is -0.823. The van der Waals surface area contributed by atoms with Crippen LogP contribution < -0.4 is 0 Å². The summed E-state index contributed by atoms with van der Waals surface area (Å²) in [5, 5.41) is 0. The van der Waals surface area contributed by atoms with E-state index in [2.05, 4.69) is 0 Å². The van der Waals surface area contributed by atoms with Gasteiger partial charge in [-0.15, -0.1) is 0 Å². The quantitative estimate of drug-likeness (QED) is 0.560. The smallest absolute Gasteiger partial charge is 0.206 e. The van der Waals surface area contributed by atoms with Crippen molar-refractivity contribution in [3.63, 3.8) is 0 Å². The Hall–Kier alpha value is -0.710. The molecule has 15 heavy (non-hydrogen) atoms. The molecule has 0 aliphatic heterocycles. The van der Waals surface area contributed by atoms with Crippen LogP contribution in [0, 0.1) is 12.2 Å². The minimum atomic E-state index is -4.45. The van der Waals surface area contributed by atoms with Crippen molar-refractivity contribution in [2.45, 2.75) is 23.7 Å². The molecule has 1 aromatic carbocycles. The molecule has 83 valence electrons. The van der Waals surface area contributed by atoms with Gasteiger partial charge in [-0.3, -0.25) is 0 Å². The van der Waals surface area contributed by atoms with Crippen molar-refractivity contribution in [3.05, 3.63) is 36.0 Å². The molecular formula is C10H9F4S. The summed E-state index contributed by atoms with van der Waals surface area (Å²) in [7, 11) is 0. The molecule has 0 aliphatic rings. The highest BCUT2D eigenvalue weighted by atomic mass is 32.2. The minimum Gasteiger partial charge on any atom is -0.206 e. The second-order valence-electron chi connectivity index (χ2n) is 2.89. The highest BCUT2D eigenvalue weighted by molar-refractivity contribution is 8.00. The molecule has 0 atom stereocenters. The van der Waals surface area contributed by atoms with E-state index in [0.717, 1.165) is 6.07 Å². The van der Waals surface area contributed by atoms with Crippen LogP contribution in [0.1, 0.15) is 12.5 Å². The van der Waals surface area contributed by atoms with E-state index >= 15 is 0 Å².